The molecule has 5 atom stereocenters. The molecule has 3 heterocycles. The van der Waals surface area contributed by atoms with Gasteiger partial charge in [0.15, 0.2) is 6.29 Å². The van der Waals surface area contributed by atoms with Gasteiger partial charge in [-0.05, 0) is 93.2 Å². The number of rotatable bonds is 12. The molecule has 6 aromatic carbocycles. The predicted octanol–water partition coefficient (Wildman–Crippen LogP) is 10.2. The number of carbonyl (C=O) groups is 2. The summed E-state index contributed by atoms with van der Waals surface area (Å²) in [6.07, 6.45) is 1.30. The smallest absolute Gasteiger partial charge is 0.410 e. The maximum Gasteiger partial charge on any atom is 0.410 e. The first kappa shape index (κ1) is 50.1. The highest BCUT2D eigenvalue weighted by molar-refractivity contribution is 5.70. The average molecular weight is 947 g/mol. The molecule has 0 saturated carbocycles. The molecule has 0 bridgehead atoms. The molecular weight excluding hydrogens is 881 g/mol. The van der Waals surface area contributed by atoms with Crippen LogP contribution in [-0.2, 0) is 43.4 Å². The van der Waals surface area contributed by atoms with Gasteiger partial charge in [-0.25, -0.2) is 9.59 Å². The van der Waals surface area contributed by atoms with Gasteiger partial charge in [-0.2, -0.15) is 0 Å². The van der Waals surface area contributed by atoms with Crippen molar-refractivity contribution in [2.45, 2.75) is 115 Å². The minimum absolute atomic E-state index is 0.109. The van der Waals surface area contributed by atoms with E-state index in [2.05, 4.69) is 0 Å². The van der Waals surface area contributed by atoms with Crippen LogP contribution >= 0.6 is 0 Å². The molecule has 0 aliphatic carbocycles. The third-order valence-electron chi connectivity index (χ3n) is 13.8. The Labute approximate surface area is 412 Å². The Morgan fingerprint density at radius 3 is 1.31 bits per heavy atom. The molecule has 3 aliphatic heterocycles. The summed E-state index contributed by atoms with van der Waals surface area (Å²) in [7, 11) is 0. The number of β-amino-alcohol motifs (C(OH)–C–C–N with tert-alkyl or cyclic N) is 1. The van der Waals surface area contributed by atoms with Crippen LogP contribution in [0.3, 0.4) is 0 Å². The first-order valence-corrected chi connectivity index (χ1v) is 24.4. The molecule has 6 aromatic rings. The summed E-state index contributed by atoms with van der Waals surface area (Å²) >= 11 is 0. The highest BCUT2D eigenvalue weighted by Crippen LogP contribution is 2.43. The molecule has 0 aromatic heterocycles. The zero-order chi connectivity index (χ0) is 49.3. The Morgan fingerprint density at radius 1 is 0.543 bits per heavy atom. The zero-order valence-corrected chi connectivity index (χ0v) is 40.7. The highest BCUT2D eigenvalue weighted by atomic mass is 16.7. The molecular formula is C59H66N2O9. The molecule has 366 valence electrons. The first-order chi connectivity index (χ1) is 33.8. The van der Waals surface area contributed by atoms with Gasteiger partial charge in [-0.1, -0.05) is 180 Å². The Kier molecular flexibility index (Phi) is 16.2. The summed E-state index contributed by atoms with van der Waals surface area (Å²) < 4.78 is 23.5. The molecule has 2 amide bonds. The number of hydrogen-bond donors (Lipinski definition) is 3. The lowest BCUT2D eigenvalue weighted by Gasteiger charge is -2.39. The van der Waals surface area contributed by atoms with Crippen LogP contribution in [0.1, 0.15) is 87.7 Å². The van der Waals surface area contributed by atoms with Crippen molar-refractivity contribution < 1.29 is 43.9 Å². The van der Waals surface area contributed by atoms with Crippen molar-refractivity contribution in [3.63, 3.8) is 0 Å². The van der Waals surface area contributed by atoms with Crippen LogP contribution in [-0.4, -0.2) is 87.6 Å². The number of nitrogens with zero attached hydrogens (tertiary/aromatic N) is 2. The summed E-state index contributed by atoms with van der Waals surface area (Å²) in [6, 6.07) is 48.9. The van der Waals surface area contributed by atoms with E-state index in [4.69, 9.17) is 18.9 Å². The van der Waals surface area contributed by atoms with Gasteiger partial charge >= 0.3 is 12.2 Å². The van der Waals surface area contributed by atoms with Crippen molar-refractivity contribution >= 4 is 12.2 Å². The fourth-order valence-electron chi connectivity index (χ4n) is 9.88. The van der Waals surface area contributed by atoms with Crippen molar-refractivity contribution in [2.75, 3.05) is 19.7 Å². The van der Waals surface area contributed by atoms with Crippen LogP contribution < -0.4 is 0 Å². The highest BCUT2D eigenvalue weighted by Gasteiger charge is 2.52. The number of benzene rings is 6. The van der Waals surface area contributed by atoms with E-state index in [9.17, 15) is 24.9 Å². The monoisotopic (exact) mass is 946 g/mol. The molecule has 9 rings (SSSR count). The fourth-order valence-corrected chi connectivity index (χ4v) is 9.88. The van der Waals surface area contributed by atoms with Gasteiger partial charge in [0.25, 0.3) is 0 Å². The Morgan fingerprint density at radius 2 is 0.929 bits per heavy atom. The molecule has 70 heavy (non-hydrogen) atoms. The second-order valence-electron chi connectivity index (χ2n) is 19.1. The van der Waals surface area contributed by atoms with E-state index in [1.807, 2.05) is 185 Å². The summed E-state index contributed by atoms with van der Waals surface area (Å²) in [6.45, 7) is 9.41. The number of likely N-dealkylation sites (tertiary alicyclic amines) is 2. The van der Waals surface area contributed by atoms with E-state index in [0.717, 1.165) is 63.8 Å². The number of hydrogen-bond acceptors (Lipinski definition) is 9. The largest absolute Gasteiger partial charge is 0.445 e. The molecule has 11 nitrogen and oxygen atoms in total. The van der Waals surface area contributed by atoms with E-state index in [1.54, 1.807) is 4.90 Å². The molecule has 0 spiro atoms. The lowest BCUT2D eigenvalue weighted by molar-refractivity contribution is -0.185. The van der Waals surface area contributed by atoms with Crippen molar-refractivity contribution in [1.29, 1.82) is 0 Å². The Balaban J connectivity index is 0.000000191. The molecule has 1 unspecified atom stereocenters. The predicted molar refractivity (Wildman–Crippen MR) is 269 cm³/mol. The van der Waals surface area contributed by atoms with Crippen LogP contribution in [0.15, 0.2) is 158 Å². The molecule has 3 aliphatic rings. The SMILES string of the molecule is Cc1ccc(C(O)(c2ccc(C)cc2)[C@@H]2C[C@@H](O)CN2C(=O)OCc2ccccc2)cc1.Cc1ccc(C(O)(c2ccc(C)cc2)[C@@H]2C[C@@H](OC3CCCCO3)CN2C(=O)OCc2ccccc2)cc1. The maximum absolute atomic E-state index is 13.6. The lowest BCUT2D eigenvalue weighted by atomic mass is 9.78. The van der Waals surface area contributed by atoms with Crippen LogP contribution in [0.25, 0.3) is 0 Å². The van der Waals surface area contributed by atoms with E-state index in [-0.39, 0.29) is 38.6 Å². The summed E-state index contributed by atoms with van der Waals surface area (Å²) in [5.74, 6) is 0. The summed E-state index contributed by atoms with van der Waals surface area (Å²) in [5.41, 5.74) is 5.98. The molecule has 3 fully saturated rings. The Bertz CT molecular complexity index is 2510. The normalized spacial score (nSPS) is 20.4. The molecule has 11 heteroatoms. The van der Waals surface area contributed by atoms with Crippen LogP contribution in [0.4, 0.5) is 9.59 Å². The standard InChI is InChI=1S/C32H37NO5.C27H29NO4/c1-23-11-15-26(16-12-23)32(35,27-17-13-24(2)14-18-27)29-20-28(38-30-10-6-7-19-36-30)21-33(29)31(34)37-22-25-8-4-3-5-9-25;1-19-8-12-22(13-9-19)27(31,23-14-10-20(2)11-15-23)25-16-24(29)17-28(25)26(30)32-18-21-6-4-3-5-7-21/h3-5,8-9,11-18,28-30,35H,6-7,10,19-22H2,1-2H3;3-15,24-25,29,31H,16-18H2,1-2H3/t28-,29+,30?;24-,25+/m11/s1. The van der Waals surface area contributed by atoms with Crippen LogP contribution in [0.2, 0.25) is 0 Å². The summed E-state index contributed by atoms with van der Waals surface area (Å²) in [5, 5.41) is 35.3. The first-order valence-electron chi connectivity index (χ1n) is 24.4. The fraction of sp³-hybridized carbons (Fsp3) is 0.356. The third-order valence-corrected chi connectivity index (χ3v) is 13.8. The average Bonchev–Trinajstić information content (AvgIpc) is 4.00. The maximum atomic E-state index is 13.6. The number of aliphatic hydroxyl groups excluding tert-OH is 1. The minimum atomic E-state index is -1.50. The number of carbonyl (C=O) groups excluding carboxylic acids is 2. The zero-order valence-electron chi connectivity index (χ0n) is 40.7. The van der Waals surface area contributed by atoms with Crippen molar-refractivity contribution in [1.82, 2.24) is 9.80 Å². The van der Waals surface area contributed by atoms with Crippen molar-refractivity contribution in [2.24, 2.45) is 0 Å². The third kappa shape index (κ3) is 11.6. The molecule has 0 radical (unpaired) electrons. The van der Waals surface area contributed by atoms with Gasteiger partial charge < -0.3 is 34.3 Å². The number of ether oxygens (including phenoxy) is 4. The quantitative estimate of drug-likeness (QED) is 0.109. The number of aryl methyl sites for hydroxylation is 4. The molecule has 3 N–H and O–H groups in total. The number of aliphatic hydroxyl groups is 3. The van der Waals surface area contributed by atoms with E-state index < -0.39 is 41.6 Å². The Hall–Kier alpha value is -6.34. The second kappa shape index (κ2) is 22.6. The minimum Gasteiger partial charge on any atom is -0.445 e. The van der Waals surface area contributed by atoms with E-state index >= 15 is 0 Å². The van der Waals surface area contributed by atoms with Crippen LogP contribution in [0.5, 0.6) is 0 Å². The van der Waals surface area contributed by atoms with Crippen LogP contribution in [0, 0.1) is 27.7 Å². The number of amides is 2. The van der Waals surface area contributed by atoms with Gasteiger partial charge in [0.1, 0.15) is 24.4 Å². The van der Waals surface area contributed by atoms with Crippen molar-refractivity contribution in [3.8, 4) is 0 Å². The summed E-state index contributed by atoms with van der Waals surface area (Å²) in [4.78, 5) is 29.8. The van der Waals surface area contributed by atoms with Gasteiger partial charge in [0.2, 0.25) is 0 Å². The van der Waals surface area contributed by atoms with Gasteiger partial charge in [0, 0.05) is 6.61 Å². The molecule has 3 saturated heterocycles. The van der Waals surface area contributed by atoms with E-state index in [0.29, 0.717) is 30.7 Å². The second-order valence-corrected chi connectivity index (χ2v) is 19.1. The van der Waals surface area contributed by atoms with Gasteiger partial charge in [-0.3, -0.25) is 9.80 Å². The van der Waals surface area contributed by atoms with Gasteiger partial charge in [0.05, 0.1) is 37.4 Å². The topological polar surface area (TPSA) is 138 Å². The lowest BCUT2D eigenvalue weighted by Crippen LogP contribution is -2.50. The van der Waals surface area contributed by atoms with E-state index in [1.165, 1.54) is 4.90 Å². The van der Waals surface area contributed by atoms with Gasteiger partial charge in [-0.15, -0.1) is 0 Å². The van der Waals surface area contributed by atoms with Crippen molar-refractivity contribution in [3.05, 3.63) is 213 Å².